The Bertz CT molecular complexity index is 1250. The summed E-state index contributed by atoms with van der Waals surface area (Å²) >= 11 is 9.42. The quantitative estimate of drug-likeness (QED) is 0.410. The third-order valence-corrected chi connectivity index (χ3v) is 5.33. The molecule has 4 rings (SSSR count). The first kappa shape index (κ1) is 19.7. The first-order chi connectivity index (χ1) is 13.7. The molecule has 0 unspecified atom stereocenters. The number of benzene rings is 1. The molecule has 0 N–H and O–H groups in total. The minimum absolute atomic E-state index is 0.00559. The summed E-state index contributed by atoms with van der Waals surface area (Å²) in [6.45, 7) is -0.00559. The van der Waals surface area contributed by atoms with Gasteiger partial charge in [-0.05, 0) is 51.3 Å². The molecule has 3 heterocycles. The Kier molecular flexibility index (Phi) is 4.95. The van der Waals surface area contributed by atoms with E-state index in [1.54, 1.807) is 24.4 Å². The number of hydrogen-bond donors (Lipinski definition) is 0. The van der Waals surface area contributed by atoms with E-state index < -0.39 is 17.6 Å². The Balaban J connectivity index is 1.71. The van der Waals surface area contributed by atoms with Gasteiger partial charge in [0.25, 0.3) is 0 Å². The SMILES string of the molecule is O=c1n(Cc2ccc(C(F)(F)F)nc2)nc2c(Br)c(-c3ccc(Cl)cc3)ccn12. The minimum atomic E-state index is -4.51. The van der Waals surface area contributed by atoms with Crippen molar-refractivity contribution in [3.8, 4) is 11.1 Å². The average Bonchev–Trinajstić information content (AvgIpc) is 2.99. The van der Waals surface area contributed by atoms with Crippen LogP contribution >= 0.6 is 27.5 Å². The Labute approximate surface area is 175 Å². The summed E-state index contributed by atoms with van der Waals surface area (Å²) in [7, 11) is 0. The zero-order chi connectivity index (χ0) is 20.8. The van der Waals surface area contributed by atoms with Crippen molar-refractivity contribution in [2.24, 2.45) is 0 Å². The van der Waals surface area contributed by atoms with E-state index in [9.17, 15) is 18.0 Å². The summed E-state index contributed by atoms with van der Waals surface area (Å²) in [5, 5.41) is 4.93. The summed E-state index contributed by atoms with van der Waals surface area (Å²) in [5.74, 6) is 0. The molecule has 0 aliphatic carbocycles. The van der Waals surface area contributed by atoms with Gasteiger partial charge >= 0.3 is 11.9 Å². The largest absolute Gasteiger partial charge is 0.433 e. The molecule has 0 aliphatic heterocycles. The lowest BCUT2D eigenvalue weighted by Gasteiger charge is -2.06. The van der Waals surface area contributed by atoms with Crippen LogP contribution in [0.3, 0.4) is 0 Å². The second-order valence-corrected chi connectivity index (χ2v) is 7.46. The molecule has 4 aromatic rings. The molecule has 0 saturated carbocycles. The predicted octanol–water partition coefficient (Wildman–Crippen LogP) is 5.04. The fraction of sp³-hybridized carbons (Fsp3) is 0.105. The highest BCUT2D eigenvalue weighted by Gasteiger charge is 2.32. The lowest BCUT2D eigenvalue weighted by atomic mass is 10.1. The first-order valence-corrected chi connectivity index (χ1v) is 9.47. The van der Waals surface area contributed by atoms with Crippen LogP contribution < -0.4 is 5.69 Å². The van der Waals surface area contributed by atoms with Crippen LogP contribution in [0.1, 0.15) is 11.3 Å². The van der Waals surface area contributed by atoms with E-state index in [1.807, 2.05) is 12.1 Å². The van der Waals surface area contributed by atoms with Crippen LogP contribution in [0, 0.1) is 0 Å². The van der Waals surface area contributed by atoms with Crippen molar-refractivity contribution in [2.45, 2.75) is 12.7 Å². The van der Waals surface area contributed by atoms with Gasteiger partial charge in [0.15, 0.2) is 5.65 Å². The fourth-order valence-corrected chi connectivity index (χ4v) is 3.62. The number of fused-ring (bicyclic) bond motifs is 1. The monoisotopic (exact) mass is 482 g/mol. The Morgan fingerprint density at radius 1 is 1.07 bits per heavy atom. The third-order valence-electron chi connectivity index (χ3n) is 4.30. The molecule has 0 radical (unpaired) electrons. The summed E-state index contributed by atoms with van der Waals surface area (Å²) in [5.41, 5.74) is 1.13. The number of aromatic nitrogens is 4. The van der Waals surface area contributed by atoms with Gasteiger partial charge in [-0.3, -0.25) is 4.98 Å². The van der Waals surface area contributed by atoms with Crippen molar-refractivity contribution in [2.75, 3.05) is 0 Å². The summed E-state index contributed by atoms with van der Waals surface area (Å²) in [4.78, 5) is 16.0. The molecule has 148 valence electrons. The molecule has 0 atom stereocenters. The number of pyridine rings is 2. The van der Waals surface area contributed by atoms with Gasteiger partial charge in [0.2, 0.25) is 0 Å². The van der Waals surface area contributed by atoms with Crippen molar-refractivity contribution in [1.29, 1.82) is 0 Å². The molecular weight excluding hydrogens is 473 g/mol. The van der Waals surface area contributed by atoms with Gasteiger partial charge in [0.1, 0.15) is 5.69 Å². The molecule has 10 heteroatoms. The molecule has 1 aromatic carbocycles. The van der Waals surface area contributed by atoms with Gasteiger partial charge < -0.3 is 0 Å². The molecule has 0 spiro atoms. The highest BCUT2D eigenvalue weighted by molar-refractivity contribution is 9.10. The van der Waals surface area contributed by atoms with Crippen molar-refractivity contribution < 1.29 is 13.2 Å². The number of alkyl halides is 3. The Morgan fingerprint density at radius 3 is 2.41 bits per heavy atom. The van der Waals surface area contributed by atoms with Gasteiger partial charge in [-0.1, -0.05) is 29.8 Å². The van der Waals surface area contributed by atoms with Crippen molar-refractivity contribution >= 4 is 33.2 Å². The van der Waals surface area contributed by atoms with E-state index in [1.165, 1.54) is 15.1 Å². The number of hydrogen-bond acceptors (Lipinski definition) is 3. The standard InChI is InChI=1S/C19H11BrClF3N4O/c20-16-14(12-2-4-13(21)5-3-12)7-8-27-17(16)26-28(18(27)29)10-11-1-6-15(25-9-11)19(22,23)24/h1-9H,10H2. The topological polar surface area (TPSA) is 52.2 Å². The maximum Gasteiger partial charge on any atom is 0.433 e. The normalized spacial score (nSPS) is 11.9. The van der Waals surface area contributed by atoms with Gasteiger partial charge in [-0.2, -0.15) is 13.2 Å². The molecule has 0 aliphatic rings. The van der Waals surface area contributed by atoms with Gasteiger partial charge in [-0.25, -0.2) is 13.9 Å². The minimum Gasteiger partial charge on any atom is -0.251 e. The molecule has 29 heavy (non-hydrogen) atoms. The maximum absolute atomic E-state index is 12.6. The number of rotatable bonds is 3. The predicted molar refractivity (Wildman–Crippen MR) is 106 cm³/mol. The third kappa shape index (κ3) is 3.79. The Morgan fingerprint density at radius 2 is 1.79 bits per heavy atom. The van der Waals surface area contributed by atoms with Crippen LogP contribution in [0.15, 0.2) is 64.1 Å². The van der Waals surface area contributed by atoms with Gasteiger partial charge in [-0.15, -0.1) is 5.10 Å². The smallest absolute Gasteiger partial charge is 0.251 e. The summed E-state index contributed by atoms with van der Waals surface area (Å²) < 4.78 is 41.1. The molecule has 0 bridgehead atoms. The van der Waals surface area contributed by atoms with Crippen LogP contribution in [0.5, 0.6) is 0 Å². The van der Waals surface area contributed by atoms with Crippen LogP contribution in [0.4, 0.5) is 13.2 Å². The van der Waals surface area contributed by atoms with Crippen molar-refractivity contribution in [3.63, 3.8) is 0 Å². The maximum atomic E-state index is 12.6. The first-order valence-electron chi connectivity index (χ1n) is 8.30. The van der Waals surface area contributed by atoms with Crippen molar-refractivity contribution in [3.05, 3.63) is 86.1 Å². The highest BCUT2D eigenvalue weighted by Crippen LogP contribution is 2.31. The second-order valence-electron chi connectivity index (χ2n) is 6.23. The fourth-order valence-electron chi connectivity index (χ4n) is 2.86. The van der Waals surface area contributed by atoms with Crippen LogP contribution in [0.25, 0.3) is 16.8 Å². The van der Waals surface area contributed by atoms with E-state index in [0.29, 0.717) is 20.7 Å². The summed E-state index contributed by atoms with van der Waals surface area (Å²) in [6, 6.07) is 11.1. The van der Waals surface area contributed by atoms with E-state index in [-0.39, 0.29) is 6.54 Å². The number of halogens is 5. The molecule has 0 amide bonds. The second kappa shape index (κ2) is 7.31. The van der Waals surface area contributed by atoms with Crippen LogP contribution in [0.2, 0.25) is 5.02 Å². The van der Waals surface area contributed by atoms with Gasteiger partial charge in [0.05, 0.1) is 11.0 Å². The molecule has 0 fully saturated rings. The van der Waals surface area contributed by atoms with Gasteiger partial charge in [0, 0.05) is 23.0 Å². The highest BCUT2D eigenvalue weighted by atomic mass is 79.9. The van der Waals surface area contributed by atoms with E-state index >= 15 is 0 Å². The average molecular weight is 484 g/mol. The van der Waals surface area contributed by atoms with E-state index in [2.05, 4.69) is 26.0 Å². The lowest BCUT2D eigenvalue weighted by Crippen LogP contribution is -2.21. The molecule has 5 nitrogen and oxygen atoms in total. The molecular formula is C19H11BrClF3N4O. The number of nitrogens with zero attached hydrogens (tertiary/aromatic N) is 4. The molecule has 3 aromatic heterocycles. The molecule has 0 saturated heterocycles. The lowest BCUT2D eigenvalue weighted by molar-refractivity contribution is -0.141. The van der Waals surface area contributed by atoms with Crippen molar-refractivity contribution in [1.82, 2.24) is 19.2 Å². The van der Waals surface area contributed by atoms with E-state index in [0.717, 1.165) is 23.4 Å². The summed E-state index contributed by atoms with van der Waals surface area (Å²) in [6.07, 6.45) is -1.82. The van der Waals surface area contributed by atoms with Crippen LogP contribution in [-0.4, -0.2) is 19.2 Å². The zero-order valence-corrected chi connectivity index (χ0v) is 16.8. The van der Waals surface area contributed by atoms with E-state index in [4.69, 9.17) is 11.6 Å². The Hall–Kier alpha value is -2.65. The van der Waals surface area contributed by atoms with Crippen LogP contribution in [-0.2, 0) is 12.7 Å². The zero-order valence-electron chi connectivity index (χ0n) is 14.5.